The summed E-state index contributed by atoms with van der Waals surface area (Å²) in [6.45, 7) is 0.333. The molecule has 2 rings (SSSR count). The largest absolute Gasteiger partial charge is 0.392 e. The van der Waals surface area contributed by atoms with Crippen LogP contribution >= 0.6 is 0 Å². The number of nitrogens with one attached hydrogen (secondary N) is 1. The van der Waals surface area contributed by atoms with Crippen molar-refractivity contribution in [3.63, 3.8) is 0 Å². The van der Waals surface area contributed by atoms with E-state index in [9.17, 15) is 20.3 Å². The van der Waals surface area contributed by atoms with Gasteiger partial charge in [-0.1, -0.05) is 12.8 Å². The molecule has 1 aromatic rings. The van der Waals surface area contributed by atoms with Crippen LogP contribution in [0.2, 0.25) is 0 Å². The molecule has 1 aromatic carbocycles. The Bertz CT molecular complexity index is 449. The number of hydrogen-bond acceptors (Lipinski definition) is 5. The van der Waals surface area contributed by atoms with E-state index in [0.717, 1.165) is 25.7 Å². The van der Waals surface area contributed by atoms with E-state index >= 15 is 0 Å². The van der Waals surface area contributed by atoms with Crippen molar-refractivity contribution in [3.8, 4) is 0 Å². The Morgan fingerprint density at radius 1 is 1.30 bits per heavy atom. The van der Waals surface area contributed by atoms with Crippen molar-refractivity contribution in [2.24, 2.45) is 0 Å². The molecule has 0 aliphatic heterocycles. The monoisotopic (exact) mass is 280 g/mol. The normalized spacial score (nSPS) is 24.3. The van der Waals surface area contributed by atoms with Gasteiger partial charge in [-0.15, -0.1) is 0 Å². The first kappa shape index (κ1) is 14.9. The number of benzene rings is 1. The molecule has 0 amide bonds. The van der Waals surface area contributed by atoms with Gasteiger partial charge in [0.25, 0.3) is 5.69 Å². The number of aliphatic hydroxyl groups is 2. The predicted molar refractivity (Wildman–Crippen MR) is 74.3 cm³/mol. The molecule has 1 fully saturated rings. The van der Waals surface area contributed by atoms with Gasteiger partial charge in [0.05, 0.1) is 17.1 Å². The van der Waals surface area contributed by atoms with Gasteiger partial charge in [-0.2, -0.15) is 0 Å². The summed E-state index contributed by atoms with van der Waals surface area (Å²) in [5.41, 5.74) is 0.644. The van der Waals surface area contributed by atoms with Gasteiger partial charge in [-0.05, 0) is 30.5 Å². The SMILES string of the molecule is O=[N+]([O-])c1ccc(C(O)CNC2CCCCC2O)cc1. The van der Waals surface area contributed by atoms with Crippen LogP contribution in [0.25, 0.3) is 0 Å². The highest BCUT2D eigenvalue weighted by Gasteiger charge is 2.23. The third-order valence-electron chi connectivity index (χ3n) is 3.79. The summed E-state index contributed by atoms with van der Waals surface area (Å²) in [6, 6.07) is 5.91. The lowest BCUT2D eigenvalue weighted by atomic mass is 9.92. The number of nitro benzene ring substituents is 1. The van der Waals surface area contributed by atoms with E-state index in [2.05, 4.69) is 5.32 Å². The Kier molecular flexibility index (Phi) is 5.05. The Labute approximate surface area is 117 Å². The average Bonchev–Trinajstić information content (AvgIpc) is 2.46. The molecule has 3 unspecified atom stereocenters. The van der Waals surface area contributed by atoms with Crippen LogP contribution in [0.3, 0.4) is 0 Å². The maximum atomic E-state index is 10.6. The van der Waals surface area contributed by atoms with Gasteiger partial charge in [-0.25, -0.2) is 0 Å². The van der Waals surface area contributed by atoms with Gasteiger partial charge in [0.2, 0.25) is 0 Å². The van der Waals surface area contributed by atoms with E-state index in [4.69, 9.17) is 0 Å². The summed E-state index contributed by atoms with van der Waals surface area (Å²) >= 11 is 0. The maximum Gasteiger partial charge on any atom is 0.269 e. The molecule has 6 nitrogen and oxygen atoms in total. The second kappa shape index (κ2) is 6.78. The van der Waals surface area contributed by atoms with Crippen LogP contribution in [-0.4, -0.2) is 33.8 Å². The van der Waals surface area contributed by atoms with Crippen molar-refractivity contribution in [2.75, 3.05) is 6.54 Å². The van der Waals surface area contributed by atoms with E-state index in [1.54, 1.807) is 12.1 Å². The molecule has 1 saturated carbocycles. The summed E-state index contributed by atoms with van der Waals surface area (Å²) in [6.07, 6.45) is 2.75. The minimum atomic E-state index is -0.732. The van der Waals surface area contributed by atoms with Crippen molar-refractivity contribution >= 4 is 5.69 Å². The van der Waals surface area contributed by atoms with Crippen molar-refractivity contribution in [3.05, 3.63) is 39.9 Å². The third-order valence-corrected chi connectivity index (χ3v) is 3.79. The van der Waals surface area contributed by atoms with Gasteiger partial charge < -0.3 is 15.5 Å². The van der Waals surface area contributed by atoms with Gasteiger partial charge in [0.1, 0.15) is 0 Å². The van der Waals surface area contributed by atoms with Gasteiger partial charge >= 0.3 is 0 Å². The molecular weight excluding hydrogens is 260 g/mol. The molecule has 1 aliphatic rings. The Morgan fingerprint density at radius 2 is 1.95 bits per heavy atom. The number of aliphatic hydroxyl groups excluding tert-OH is 2. The number of nitro groups is 1. The smallest absolute Gasteiger partial charge is 0.269 e. The molecule has 1 aliphatic carbocycles. The highest BCUT2D eigenvalue weighted by atomic mass is 16.6. The highest BCUT2D eigenvalue weighted by molar-refractivity contribution is 5.33. The zero-order valence-corrected chi connectivity index (χ0v) is 11.2. The van der Waals surface area contributed by atoms with Crippen molar-refractivity contribution in [1.82, 2.24) is 5.32 Å². The predicted octanol–water partition coefficient (Wildman–Crippen LogP) is 1.52. The van der Waals surface area contributed by atoms with E-state index < -0.39 is 11.0 Å². The van der Waals surface area contributed by atoms with Crippen molar-refractivity contribution < 1.29 is 15.1 Å². The number of non-ortho nitro benzene ring substituents is 1. The zero-order chi connectivity index (χ0) is 14.5. The van der Waals surface area contributed by atoms with E-state index in [1.165, 1.54) is 12.1 Å². The lowest BCUT2D eigenvalue weighted by Gasteiger charge is -2.29. The topological polar surface area (TPSA) is 95.6 Å². The first-order chi connectivity index (χ1) is 9.58. The van der Waals surface area contributed by atoms with Crippen LogP contribution in [0.15, 0.2) is 24.3 Å². The van der Waals surface area contributed by atoms with Crippen LogP contribution in [-0.2, 0) is 0 Å². The molecule has 0 aromatic heterocycles. The number of rotatable bonds is 5. The van der Waals surface area contributed by atoms with Crippen LogP contribution in [0.5, 0.6) is 0 Å². The summed E-state index contributed by atoms with van der Waals surface area (Å²) in [7, 11) is 0. The fourth-order valence-electron chi connectivity index (χ4n) is 2.55. The van der Waals surface area contributed by atoms with Crippen molar-refractivity contribution in [2.45, 2.75) is 43.9 Å². The fraction of sp³-hybridized carbons (Fsp3) is 0.571. The van der Waals surface area contributed by atoms with Crippen molar-refractivity contribution in [1.29, 1.82) is 0 Å². The van der Waals surface area contributed by atoms with Gasteiger partial charge in [0, 0.05) is 24.7 Å². The fourth-order valence-corrected chi connectivity index (χ4v) is 2.55. The molecule has 6 heteroatoms. The summed E-state index contributed by atoms with van der Waals surface area (Å²) < 4.78 is 0. The van der Waals surface area contributed by atoms with E-state index in [0.29, 0.717) is 12.1 Å². The second-order valence-electron chi connectivity index (χ2n) is 5.23. The Hall–Kier alpha value is -1.50. The summed E-state index contributed by atoms with van der Waals surface area (Å²) in [5.74, 6) is 0. The Balaban J connectivity index is 1.87. The first-order valence-corrected chi connectivity index (χ1v) is 6.92. The van der Waals surface area contributed by atoms with Gasteiger partial charge in [-0.3, -0.25) is 10.1 Å². The molecule has 3 N–H and O–H groups in total. The average molecular weight is 280 g/mol. The molecular formula is C14H20N2O4. The number of nitrogens with zero attached hydrogens (tertiary/aromatic N) is 1. The minimum absolute atomic E-state index is 0.0108. The minimum Gasteiger partial charge on any atom is -0.392 e. The molecule has 0 bridgehead atoms. The maximum absolute atomic E-state index is 10.6. The van der Waals surface area contributed by atoms with E-state index in [1.807, 2.05) is 0 Å². The molecule has 0 radical (unpaired) electrons. The summed E-state index contributed by atoms with van der Waals surface area (Å²) in [4.78, 5) is 10.1. The van der Waals surface area contributed by atoms with Gasteiger partial charge in [0.15, 0.2) is 0 Å². The number of hydrogen-bond donors (Lipinski definition) is 3. The zero-order valence-electron chi connectivity index (χ0n) is 11.2. The lowest BCUT2D eigenvalue weighted by Crippen LogP contribution is -2.43. The third kappa shape index (κ3) is 3.75. The molecule has 20 heavy (non-hydrogen) atoms. The molecule has 110 valence electrons. The molecule has 0 spiro atoms. The molecule has 0 heterocycles. The lowest BCUT2D eigenvalue weighted by molar-refractivity contribution is -0.384. The van der Waals surface area contributed by atoms with Crippen LogP contribution in [0.1, 0.15) is 37.4 Å². The highest BCUT2D eigenvalue weighted by Crippen LogP contribution is 2.20. The first-order valence-electron chi connectivity index (χ1n) is 6.92. The quantitative estimate of drug-likeness (QED) is 0.561. The Morgan fingerprint density at radius 3 is 2.55 bits per heavy atom. The van der Waals surface area contributed by atoms with Crippen LogP contribution in [0, 0.1) is 10.1 Å². The van der Waals surface area contributed by atoms with Crippen LogP contribution in [0.4, 0.5) is 5.69 Å². The second-order valence-corrected chi connectivity index (χ2v) is 5.23. The standard InChI is InChI=1S/C14H20N2O4/c17-13-4-2-1-3-12(13)15-9-14(18)10-5-7-11(8-6-10)16(19)20/h5-8,12-15,17-18H,1-4,9H2. The molecule has 0 saturated heterocycles. The summed E-state index contributed by atoms with van der Waals surface area (Å²) in [5, 5.41) is 33.6. The van der Waals surface area contributed by atoms with E-state index in [-0.39, 0.29) is 17.8 Å². The molecule has 3 atom stereocenters. The van der Waals surface area contributed by atoms with Crippen LogP contribution < -0.4 is 5.32 Å².